The second kappa shape index (κ2) is 10.5. The number of hydrogen-bond acceptors (Lipinski definition) is 5. The second-order valence-corrected chi connectivity index (χ2v) is 9.79. The van der Waals surface area contributed by atoms with Crippen molar-refractivity contribution < 1.29 is 9.59 Å². The van der Waals surface area contributed by atoms with Crippen molar-refractivity contribution in [1.29, 1.82) is 0 Å². The first-order valence-corrected chi connectivity index (χ1v) is 12.3. The van der Waals surface area contributed by atoms with Crippen molar-refractivity contribution in [2.45, 2.75) is 38.2 Å². The fraction of sp³-hybridized carbons (Fsp3) is 0.440. The van der Waals surface area contributed by atoms with Crippen LogP contribution in [-0.4, -0.2) is 53.6 Å². The number of likely N-dealkylation sites (tertiary alicyclic amines) is 1. The molecule has 2 amide bonds. The van der Waals surface area contributed by atoms with Crippen LogP contribution in [0.25, 0.3) is 0 Å². The summed E-state index contributed by atoms with van der Waals surface area (Å²) < 4.78 is 0. The van der Waals surface area contributed by atoms with Crippen molar-refractivity contribution in [1.82, 2.24) is 15.5 Å². The van der Waals surface area contributed by atoms with Crippen molar-refractivity contribution in [2.75, 3.05) is 30.7 Å². The molecule has 2 aliphatic rings. The Bertz CT molecular complexity index is 952. The topological polar surface area (TPSA) is 73.5 Å². The lowest BCUT2D eigenvalue weighted by Gasteiger charge is -2.43. The van der Waals surface area contributed by atoms with Crippen molar-refractivity contribution in [2.24, 2.45) is 5.92 Å². The molecule has 170 valence electrons. The molecule has 3 unspecified atom stereocenters. The van der Waals surface area contributed by atoms with Gasteiger partial charge in [-0.05, 0) is 56.0 Å². The Morgan fingerprint density at radius 2 is 1.97 bits per heavy atom. The molecule has 3 atom stereocenters. The number of benzene rings is 2. The van der Waals surface area contributed by atoms with Gasteiger partial charge in [0.15, 0.2) is 0 Å². The van der Waals surface area contributed by atoms with Gasteiger partial charge in [0.05, 0.1) is 11.7 Å². The predicted molar refractivity (Wildman–Crippen MR) is 131 cm³/mol. The molecule has 0 aliphatic carbocycles. The van der Waals surface area contributed by atoms with E-state index in [1.807, 2.05) is 38.1 Å². The van der Waals surface area contributed by atoms with Crippen LogP contribution in [0.2, 0.25) is 0 Å². The number of aryl methyl sites for hydroxylation is 1. The SMILES string of the molecule is Cc1cccc(NC(=O)CSC2NC(=O)C3CN(CCc4ccccc4)CCC3N2)c1C. The molecule has 32 heavy (non-hydrogen) atoms. The van der Waals surface area contributed by atoms with Gasteiger partial charge in [-0.15, -0.1) is 11.8 Å². The number of hydrogen-bond donors (Lipinski definition) is 3. The third-order valence-electron chi connectivity index (χ3n) is 6.49. The highest BCUT2D eigenvalue weighted by atomic mass is 32.2. The number of nitrogens with one attached hydrogen (secondary N) is 3. The fourth-order valence-electron chi connectivity index (χ4n) is 4.41. The number of carbonyl (C=O) groups excluding carboxylic acids is 2. The van der Waals surface area contributed by atoms with E-state index in [2.05, 4.69) is 45.1 Å². The molecule has 2 aromatic carbocycles. The highest BCUT2D eigenvalue weighted by molar-refractivity contribution is 8.00. The zero-order valence-electron chi connectivity index (χ0n) is 18.8. The zero-order chi connectivity index (χ0) is 22.5. The largest absolute Gasteiger partial charge is 0.331 e. The van der Waals surface area contributed by atoms with Gasteiger partial charge < -0.3 is 15.5 Å². The molecule has 0 radical (unpaired) electrons. The Balaban J connectivity index is 1.23. The first-order valence-electron chi connectivity index (χ1n) is 11.3. The molecule has 0 aromatic heterocycles. The van der Waals surface area contributed by atoms with Crippen molar-refractivity contribution >= 4 is 29.3 Å². The van der Waals surface area contributed by atoms with E-state index in [4.69, 9.17) is 0 Å². The zero-order valence-corrected chi connectivity index (χ0v) is 19.6. The number of fused-ring (bicyclic) bond motifs is 1. The number of anilines is 1. The van der Waals surface area contributed by atoms with Crippen LogP contribution in [0.5, 0.6) is 0 Å². The van der Waals surface area contributed by atoms with E-state index >= 15 is 0 Å². The van der Waals surface area contributed by atoms with Crippen LogP contribution < -0.4 is 16.0 Å². The van der Waals surface area contributed by atoms with Gasteiger partial charge in [-0.25, -0.2) is 0 Å². The summed E-state index contributed by atoms with van der Waals surface area (Å²) in [4.78, 5) is 27.6. The summed E-state index contributed by atoms with van der Waals surface area (Å²) in [5.74, 6) is 0.273. The molecule has 7 heteroatoms. The van der Waals surface area contributed by atoms with E-state index < -0.39 is 0 Å². The van der Waals surface area contributed by atoms with Crippen LogP contribution in [0, 0.1) is 19.8 Å². The third-order valence-corrected chi connectivity index (χ3v) is 7.51. The predicted octanol–water partition coefficient (Wildman–Crippen LogP) is 2.91. The normalized spacial score (nSPS) is 23.3. The maximum atomic E-state index is 12.8. The summed E-state index contributed by atoms with van der Waals surface area (Å²) in [5, 5.41) is 9.58. The van der Waals surface area contributed by atoms with E-state index in [1.54, 1.807) is 0 Å². The number of piperidine rings is 1. The summed E-state index contributed by atoms with van der Waals surface area (Å²) in [6.45, 7) is 6.77. The van der Waals surface area contributed by atoms with Gasteiger partial charge in [-0.1, -0.05) is 42.5 Å². The molecule has 2 heterocycles. The Morgan fingerprint density at radius 1 is 1.16 bits per heavy atom. The molecule has 0 saturated carbocycles. The standard InChI is InChI=1S/C25H32N4O2S/c1-17-7-6-10-21(18(17)2)26-23(30)16-32-25-27-22-12-14-29(15-20(22)24(31)28-25)13-11-19-8-4-3-5-9-19/h3-10,20,22,25,27H,11-16H2,1-2H3,(H,26,30)(H,28,31). The van der Waals surface area contributed by atoms with Gasteiger partial charge in [-0.2, -0.15) is 0 Å². The van der Waals surface area contributed by atoms with Crippen LogP contribution in [-0.2, 0) is 16.0 Å². The number of carbonyl (C=O) groups is 2. The van der Waals surface area contributed by atoms with Crippen LogP contribution in [0.3, 0.4) is 0 Å². The van der Waals surface area contributed by atoms with Crippen molar-refractivity contribution in [3.63, 3.8) is 0 Å². The Labute approximate surface area is 194 Å². The molecular formula is C25H32N4O2S. The Kier molecular flexibility index (Phi) is 7.50. The molecule has 2 aliphatic heterocycles. The van der Waals surface area contributed by atoms with Crippen LogP contribution in [0.4, 0.5) is 5.69 Å². The second-order valence-electron chi connectivity index (χ2n) is 8.70. The average molecular weight is 453 g/mol. The molecule has 0 spiro atoms. The summed E-state index contributed by atoms with van der Waals surface area (Å²) in [7, 11) is 0. The number of nitrogens with zero attached hydrogens (tertiary/aromatic N) is 1. The maximum Gasteiger partial charge on any atom is 0.234 e. The van der Waals surface area contributed by atoms with Gasteiger partial charge in [0, 0.05) is 24.8 Å². The van der Waals surface area contributed by atoms with Gasteiger partial charge >= 0.3 is 0 Å². The highest BCUT2D eigenvalue weighted by Gasteiger charge is 2.39. The monoisotopic (exact) mass is 452 g/mol. The summed E-state index contributed by atoms with van der Waals surface area (Å²) in [6.07, 6.45) is 1.94. The number of thioether (sulfide) groups is 1. The van der Waals surface area contributed by atoms with E-state index in [1.165, 1.54) is 17.3 Å². The van der Waals surface area contributed by atoms with Crippen LogP contribution in [0.1, 0.15) is 23.1 Å². The minimum Gasteiger partial charge on any atom is -0.331 e. The molecule has 2 aromatic rings. The minimum atomic E-state index is -0.232. The Morgan fingerprint density at radius 3 is 2.78 bits per heavy atom. The summed E-state index contributed by atoms with van der Waals surface area (Å²) in [6, 6.07) is 16.5. The van der Waals surface area contributed by atoms with E-state index in [0.29, 0.717) is 0 Å². The van der Waals surface area contributed by atoms with Crippen LogP contribution in [0.15, 0.2) is 48.5 Å². The van der Waals surface area contributed by atoms with Crippen LogP contribution >= 0.6 is 11.8 Å². The molecule has 2 fully saturated rings. The molecule has 0 bridgehead atoms. The highest BCUT2D eigenvalue weighted by Crippen LogP contribution is 2.24. The van der Waals surface area contributed by atoms with Gasteiger partial charge in [0.25, 0.3) is 0 Å². The van der Waals surface area contributed by atoms with Gasteiger partial charge in [0.1, 0.15) is 5.50 Å². The molecular weight excluding hydrogens is 420 g/mol. The van der Waals surface area contributed by atoms with E-state index in [9.17, 15) is 9.59 Å². The smallest absolute Gasteiger partial charge is 0.234 e. The van der Waals surface area contributed by atoms with Gasteiger partial charge in [-0.3, -0.25) is 14.9 Å². The first-order chi connectivity index (χ1) is 15.5. The van der Waals surface area contributed by atoms with Crippen molar-refractivity contribution in [3.05, 3.63) is 65.2 Å². The maximum absolute atomic E-state index is 12.8. The average Bonchev–Trinajstić information content (AvgIpc) is 2.80. The summed E-state index contributed by atoms with van der Waals surface area (Å²) >= 11 is 1.43. The summed E-state index contributed by atoms with van der Waals surface area (Å²) in [5.41, 5.74) is 4.18. The lowest BCUT2D eigenvalue weighted by atomic mass is 9.90. The first kappa shape index (κ1) is 22.8. The number of rotatable bonds is 7. The Hall–Kier alpha value is -2.35. The van der Waals surface area contributed by atoms with Crippen molar-refractivity contribution in [3.8, 4) is 0 Å². The number of amides is 2. The minimum absolute atomic E-state index is 0.0415. The molecule has 2 saturated heterocycles. The molecule has 3 N–H and O–H groups in total. The lowest BCUT2D eigenvalue weighted by Crippen LogP contribution is -2.65. The molecule has 6 nitrogen and oxygen atoms in total. The third kappa shape index (κ3) is 5.71. The fourth-order valence-corrected chi connectivity index (χ4v) is 5.27. The van der Waals surface area contributed by atoms with E-state index in [-0.39, 0.29) is 35.0 Å². The lowest BCUT2D eigenvalue weighted by molar-refractivity contribution is -0.130. The van der Waals surface area contributed by atoms with E-state index in [0.717, 1.165) is 49.3 Å². The quantitative estimate of drug-likeness (QED) is 0.603. The van der Waals surface area contributed by atoms with Gasteiger partial charge in [0.2, 0.25) is 11.8 Å². The molecule has 4 rings (SSSR count).